The lowest BCUT2D eigenvalue weighted by atomic mass is 9.84. The van der Waals surface area contributed by atoms with Gasteiger partial charge < -0.3 is 19.6 Å². The minimum absolute atomic E-state index is 0.0836. The molecule has 2 atom stereocenters. The van der Waals surface area contributed by atoms with Crippen LogP contribution in [0, 0.1) is 18.3 Å². The van der Waals surface area contributed by atoms with Crippen LogP contribution in [-0.2, 0) is 33.5 Å². The highest BCUT2D eigenvalue weighted by Crippen LogP contribution is 2.40. The van der Waals surface area contributed by atoms with Crippen LogP contribution in [0.25, 0.3) is 10.9 Å². The van der Waals surface area contributed by atoms with E-state index in [1.165, 1.54) is 15.8 Å². The summed E-state index contributed by atoms with van der Waals surface area (Å²) < 4.78 is 5.51. The summed E-state index contributed by atoms with van der Waals surface area (Å²) in [6.07, 6.45) is 9.03. The second-order valence-corrected chi connectivity index (χ2v) is 12.8. The third-order valence-corrected chi connectivity index (χ3v) is 9.23. The molecule has 43 heavy (non-hydrogen) atoms. The molecule has 0 saturated heterocycles. The highest BCUT2D eigenvalue weighted by molar-refractivity contribution is 6.08. The van der Waals surface area contributed by atoms with Crippen molar-refractivity contribution in [2.45, 2.75) is 46.1 Å². The minimum atomic E-state index is -0.459. The number of anilines is 2. The van der Waals surface area contributed by atoms with Crippen molar-refractivity contribution in [3.05, 3.63) is 81.4 Å². The van der Waals surface area contributed by atoms with Crippen LogP contribution < -0.4 is 10.9 Å². The number of pyridine rings is 2. The Balaban J connectivity index is 1.18. The first-order valence-electron chi connectivity index (χ1n) is 14.7. The number of amides is 1. The number of fused-ring (bicyclic) bond motifs is 4. The van der Waals surface area contributed by atoms with Gasteiger partial charge in [-0.05, 0) is 54.5 Å². The maximum Gasteiger partial charge on any atom is 0.275 e. The molecule has 0 bridgehead atoms. The smallest absolute Gasteiger partial charge is 0.275 e. The van der Waals surface area contributed by atoms with Gasteiger partial charge in [0.05, 0.1) is 18.7 Å². The molecule has 1 amide bonds. The predicted octanol–water partition coefficient (Wildman–Crippen LogP) is 3.42. The molecular weight excluding hydrogens is 544 g/mol. The molecule has 0 spiro atoms. The Hall–Kier alpha value is -4.51. The van der Waals surface area contributed by atoms with E-state index in [-0.39, 0.29) is 29.4 Å². The minimum Gasteiger partial charge on any atom is -0.396 e. The molecule has 0 aromatic carbocycles. The Labute approximate surface area is 249 Å². The van der Waals surface area contributed by atoms with Crippen molar-refractivity contribution in [1.29, 1.82) is 0 Å². The molecule has 222 valence electrons. The maximum absolute atomic E-state index is 13.8. The number of nitrogens with zero attached hydrogens (tertiary/aromatic N) is 7. The number of aryl methyl sites for hydroxylation is 3. The lowest BCUT2D eigenvalue weighted by Gasteiger charge is -2.36. The molecule has 4 aromatic rings. The number of hydrogen-bond acceptors (Lipinski definition) is 7. The van der Waals surface area contributed by atoms with Gasteiger partial charge >= 0.3 is 0 Å². The fourth-order valence-electron chi connectivity index (χ4n) is 6.99. The van der Waals surface area contributed by atoms with E-state index in [1.54, 1.807) is 41.3 Å². The normalized spacial score (nSPS) is 20.8. The first-order valence-corrected chi connectivity index (χ1v) is 14.7. The topological polar surface area (TPSA) is 123 Å². The Morgan fingerprint density at radius 2 is 1.93 bits per heavy atom. The molecule has 2 aliphatic heterocycles. The Bertz CT molecular complexity index is 1920. The predicted molar refractivity (Wildman–Crippen MR) is 165 cm³/mol. The number of amidine groups is 1. The van der Waals surface area contributed by atoms with Gasteiger partial charge in [-0.25, -0.2) is 9.98 Å². The summed E-state index contributed by atoms with van der Waals surface area (Å²) in [5, 5.41) is 19.3. The molecule has 11 nitrogen and oxygen atoms in total. The zero-order chi connectivity index (χ0) is 30.2. The molecule has 2 N–H and O–H groups in total. The second kappa shape index (κ2) is 9.77. The zero-order valence-electron chi connectivity index (χ0n) is 25.1. The van der Waals surface area contributed by atoms with Gasteiger partial charge in [0.2, 0.25) is 0 Å². The van der Waals surface area contributed by atoms with E-state index in [0.29, 0.717) is 36.1 Å². The summed E-state index contributed by atoms with van der Waals surface area (Å²) in [4.78, 5) is 37.8. The first kappa shape index (κ1) is 27.3. The van der Waals surface area contributed by atoms with Gasteiger partial charge in [0.25, 0.3) is 11.5 Å². The average Bonchev–Trinajstić information content (AvgIpc) is 3.57. The molecule has 0 fully saturated rings. The van der Waals surface area contributed by atoms with Crippen LogP contribution in [0.1, 0.15) is 52.8 Å². The molecule has 3 aliphatic rings. The standard InChI is InChI=1S/C32H36N8O3/c1-18-22-12-28(34-15-25(22)36-38(18)5)35-24-10-20(16-37(4)30(24)42)21-6-7-33-29(23(21)17-41)40-9-8-39-26(31(40)43)11-19-13-32(2,3)14-27(19)39/h6-7,10-12,15-16,21,23,35,41H,8-9,13-14,17H2,1-5H3. The van der Waals surface area contributed by atoms with Crippen LogP contribution in [0.3, 0.4) is 0 Å². The largest absolute Gasteiger partial charge is 0.396 e. The van der Waals surface area contributed by atoms with Gasteiger partial charge in [0.15, 0.2) is 0 Å². The SMILES string of the molecule is Cc1c2cc(Nc3cc(C4C=CN=C(N5CCn6c(cc7c6CC(C)(C)C7)C5=O)C4CO)cn(C)c3=O)ncc2nn1C. The quantitative estimate of drug-likeness (QED) is 0.382. The maximum atomic E-state index is 13.8. The summed E-state index contributed by atoms with van der Waals surface area (Å²) >= 11 is 0. The van der Waals surface area contributed by atoms with Crippen LogP contribution in [-0.4, -0.2) is 58.8 Å². The molecule has 11 heteroatoms. The number of aliphatic hydroxyl groups is 1. The van der Waals surface area contributed by atoms with Crippen molar-refractivity contribution >= 4 is 34.2 Å². The summed E-state index contributed by atoms with van der Waals surface area (Å²) in [5.74, 6) is 0.248. The van der Waals surface area contributed by atoms with E-state index in [1.807, 2.05) is 32.2 Å². The number of aromatic nitrogens is 5. The fraction of sp³-hybridized carbons (Fsp3) is 0.406. The van der Waals surface area contributed by atoms with Crippen molar-refractivity contribution in [2.75, 3.05) is 18.5 Å². The summed E-state index contributed by atoms with van der Waals surface area (Å²) in [6, 6.07) is 5.74. The fourth-order valence-corrected chi connectivity index (χ4v) is 6.99. The number of aliphatic imine (C=N–C) groups is 1. The van der Waals surface area contributed by atoms with Crippen molar-refractivity contribution < 1.29 is 9.90 Å². The van der Waals surface area contributed by atoms with Crippen LogP contribution in [0.15, 0.2) is 52.7 Å². The van der Waals surface area contributed by atoms with Crippen LogP contribution >= 0.6 is 0 Å². The summed E-state index contributed by atoms with van der Waals surface area (Å²) in [5.41, 5.74) is 6.20. The van der Waals surface area contributed by atoms with Gasteiger partial charge in [-0.3, -0.25) is 19.2 Å². The van der Waals surface area contributed by atoms with E-state index in [9.17, 15) is 14.7 Å². The van der Waals surface area contributed by atoms with Gasteiger partial charge in [0, 0.05) is 62.3 Å². The van der Waals surface area contributed by atoms with Crippen LogP contribution in [0.2, 0.25) is 0 Å². The second-order valence-electron chi connectivity index (χ2n) is 12.8. The van der Waals surface area contributed by atoms with Crippen molar-refractivity contribution in [2.24, 2.45) is 30.4 Å². The number of rotatable bonds is 4. The van der Waals surface area contributed by atoms with E-state index in [2.05, 4.69) is 38.8 Å². The molecule has 7 rings (SSSR count). The van der Waals surface area contributed by atoms with E-state index in [0.717, 1.165) is 35.0 Å². The van der Waals surface area contributed by atoms with Crippen molar-refractivity contribution in [1.82, 2.24) is 28.8 Å². The number of aliphatic hydroxyl groups excluding tert-OH is 1. The summed E-state index contributed by atoms with van der Waals surface area (Å²) in [6.45, 7) is 7.50. The molecular formula is C32H36N8O3. The molecule has 4 aromatic heterocycles. The number of hydrogen-bond donors (Lipinski definition) is 2. The lowest BCUT2D eigenvalue weighted by Crippen LogP contribution is -2.49. The van der Waals surface area contributed by atoms with E-state index >= 15 is 0 Å². The molecule has 6 heterocycles. The summed E-state index contributed by atoms with van der Waals surface area (Å²) in [7, 11) is 3.59. The highest BCUT2D eigenvalue weighted by Gasteiger charge is 2.40. The molecule has 0 radical (unpaired) electrons. The molecule has 1 aliphatic carbocycles. The number of allylic oxidation sites excluding steroid dienone is 1. The number of carbonyl (C=O) groups is 1. The zero-order valence-corrected chi connectivity index (χ0v) is 25.1. The first-order chi connectivity index (χ1) is 20.5. The molecule has 2 unspecified atom stereocenters. The lowest BCUT2D eigenvalue weighted by molar-refractivity contribution is 0.0793. The van der Waals surface area contributed by atoms with Crippen molar-refractivity contribution in [3.8, 4) is 0 Å². The van der Waals surface area contributed by atoms with Crippen molar-refractivity contribution in [3.63, 3.8) is 0 Å². The molecule has 0 saturated carbocycles. The Kier molecular flexibility index (Phi) is 6.21. The van der Waals surface area contributed by atoms with Gasteiger partial charge in [0.1, 0.15) is 28.6 Å². The van der Waals surface area contributed by atoms with Gasteiger partial charge in [-0.15, -0.1) is 0 Å². The van der Waals surface area contributed by atoms with E-state index in [4.69, 9.17) is 0 Å². The van der Waals surface area contributed by atoms with Crippen LogP contribution in [0.4, 0.5) is 11.5 Å². The van der Waals surface area contributed by atoms with E-state index < -0.39 is 5.92 Å². The third-order valence-electron chi connectivity index (χ3n) is 9.23. The number of carbonyl (C=O) groups excluding carboxylic acids is 1. The average molecular weight is 581 g/mol. The number of nitrogens with one attached hydrogen (secondary N) is 1. The Morgan fingerprint density at radius 3 is 2.72 bits per heavy atom. The van der Waals surface area contributed by atoms with Crippen LogP contribution in [0.5, 0.6) is 0 Å². The van der Waals surface area contributed by atoms with Gasteiger partial charge in [-0.1, -0.05) is 19.9 Å². The monoisotopic (exact) mass is 580 g/mol. The van der Waals surface area contributed by atoms with Gasteiger partial charge in [-0.2, -0.15) is 5.10 Å². The Morgan fingerprint density at radius 1 is 1.12 bits per heavy atom. The highest BCUT2D eigenvalue weighted by atomic mass is 16.3. The third kappa shape index (κ3) is 4.41.